The van der Waals surface area contributed by atoms with Crippen LogP contribution >= 0.6 is 0 Å². The summed E-state index contributed by atoms with van der Waals surface area (Å²) in [5.74, 6) is 0.545. The smallest absolute Gasteiger partial charge is 0.276 e. The summed E-state index contributed by atoms with van der Waals surface area (Å²) in [6, 6.07) is 14.4. The van der Waals surface area contributed by atoms with Gasteiger partial charge in [-0.05, 0) is 48.5 Å². The summed E-state index contributed by atoms with van der Waals surface area (Å²) in [5, 5.41) is 2.83. The van der Waals surface area contributed by atoms with Gasteiger partial charge in [0.05, 0.1) is 12.6 Å². The molecule has 7 nitrogen and oxygen atoms in total. The van der Waals surface area contributed by atoms with E-state index in [4.69, 9.17) is 4.74 Å². The predicted molar refractivity (Wildman–Crippen MR) is 103 cm³/mol. The van der Waals surface area contributed by atoms with Gasteiger partial charge in [-0.3, -0.25) is 14.2 Å². The minimum absolute atomic E-state index is 0.161. The molecule has 3 aromatic heterocycles. The summed E-state index contributed by atoms with van der Waals surface area (Å²) in [4.78, 5) is 29.5. The zero-order valence-electron chi connectivity index (χ0n) is 14.8. The molecule has 7 heteroatoms. The Kier molecular flexibility index (Phi) is 4.33. The Bertz CT molecular complexity index is 1180. The first-order valence-corrected chi connectivity index (χ1v) is 8.56. The third-order valence-corrected chi connectivity index (χ3v) is 4.43. The van der Waals surface area contributed by atoms with Gasteiger partial charge in [-0.2, -0.15) is 0 Å². The topological polar surface area (TPSA) is 77.6 Å². The highest BCUT2D eigenvalue weighted by atomic mass is 16.5. The number of amides is 1. The predicted octanol–water partition coefficient (Wildman–Crippen LogP) is 2.69. The van der Waals surface area contributed by atoms with Crippen LogP contribution in [0.15, 0.2) is 65.7 Å². The largest absolute Gasteiger partial charge is 0.497 e. The van der Waals surface area contributed by atoms with Gasteiger partial charge < -0.3 is 14.5 Å². The SMILES string of the molecule is COc1ccc(NC(=O)CCn2c(=O)c3cccn3c3cccnc32)cc1. The van der Waals surface area contributed by atoms with E-state index in [0.717, 1.165) is 11.3 Å². The van der Waals surface area contributed by atoms with Crippen LogP contribution in [0.2, 0.25) is 0 Å². The number of fused-ring (bicyclic) bond motifs is 3. The Hall–Kier alpha value is -3.61. The Balaban J connectivity index is 1.58. The summed E-state index contributed by atoms with van der Waals surface area (Å²) in [6.45, 7) is 0.246. The Morgan fingerprint density at radius 3 is 2.67 bits per heavy atom. The molecule has 27 heavy (non-hydrogen) atoms. The van der Waals surface area contributed by atoms with Gasteiger partial charge in [0.15, 0.2) is 5.65 Å². The molecule has 0 fully saturated rings. The van der Waals surface area contributed by atoms with Crippen LogP contribution in [0.25, 0.3) is 16.7 Å². The minimum atomic E-state index is -0.175. The molecule has 0 aliphatic rings. The number of pyridine rings is 1. The van der Waals surface area contributed by atoms with Gasteiger partial charge in [-0.15, -0.1) is 0 Å². The van der Waals surface area contributed by atoms with Gasteiger partial charge >= 0.3 is 0 Å². The van der Waals surface area contributed by atoms with E-state index in [0.29, 0.717) is 16.9 Å². The van der Waals surface area contributed by atoms with Gasteiger partial charge in [0, 0.05) is 31.0 Å². The molecule has 0 saturated carbocycles. The van der Waals surface area contributed by atoms with Gasteiger partial charge in [-0.25, -0.2) is 4.98 Å². The highest BCUT2D eigenvalue weighted by molar-refractivity contribution is 5.90. The number of methoxy groups -OCH3 is 1. The lowest BCUT2D eigenvalue weighted by molar-refractivity contribution is -0.116. The number of aromatic nitrogens is 3. The molecule has 1 amide bonds. The zero-order valence-corrected chi connectivity index (χ0v) is 14.8. The van der Waals surface area contributed by atoms with Gasteiger partial charge in [0.2, 0.25) is 5.91 Å². The van der Waals surface area contributed by atoms with Crippen molar-refractivity contribution in [2.75, 3.05) is 12.4 Å². The van der Waals surface area contributed by atoms with Crippen molar-refractivity contribution in [1.82, 2.24) is 14.0 Å². The van der Waals surface area contributed by atoms with E-state index in [2.05, 4.69) is 10.3 Å². The average molecular weight is 362 g/mol. The third kappa shape index (κ3) is 3.15. The first-order chi connectivity index (χ1) is 13.2. The number of carbonyl (C=O) groups excluding carboxylic acids is 1. The number of anilines is 1. The first kappa shape index (κ1) is 16.8. The molecule has 136 valence electrons. The highest BCUT2D eigenvalue weighted by Crippen LogP contribution is 2.16. The normalized spacial score (nSPS) is 11.0. The number of aryl methyl sites for hydroxylation is 1. The Labute approximate surface area is 154 Å². The number of nitrogens with zero attached hydrogens (tertiary/aromatic N) is 3. The van der Waals surface area contributed by atoms with Crippen LogP contribution < -0.4 is 15.6 Å². The molecule has 0 bridgehead atoms. The fraction of sp³-hybridized carbons (Fsp3) is 0.150. The quantitative estimate of drug-likeness (QED) is 0.592. The Morgan fingerprint density at radius 1 is 1.11 bits per heavy atom. The molecule has 4 aromatic rings. The van der Waals surface area contributed by atoms with E-state index in [1.54, 1.807) is 48.2 Å². The Morgan fingerprint density at radius 2 is 1.89 bits per heavy atom. The molecule has 0 atom stereocenters. The van der Waals surface area contributed by atoms with Gasteiger partial charge in [0.1, 0.15) is 11.3 Å². The van der Waals surface area contributed by atoms with Crippen LogP contribution in [-0.2, 0) is 11.3 Å². The first-order valence-electron chi connectivity index (χ1n) is 8.56. The van der Waals surface area contributed by atoms with E-state index < -0.39 is 0 Å². The van der Waals surface area contributed by atoms with Crippen LogP contribution in [0.1, 0.15) is 6.42 Å². The molecule has 3 heterocycles. The van der Waals surface area contributed by atoms with Crippen molar-refractivity contribution in [2.45, 2.75) is 13.0 Å². The number of benzene rings is 1. The third-order valence-electron chi connectivity index (χ3n) is 4.43. The highest BCUT2D eigenvalue weighted by Gasteiger charge is 2.12. The van der Waals surface area contributed by atoms with E-state index in [-0.39, 0.29) is 24.4 Å². The molecule has 0 aliphatic carbocycles. The minimum Gasteiger partial charge on any atom is -0.497 e. The number of nitrogens with one attached hydrogen (secondary N) is 1. The summed E-state index contributed by atoms with van der Waals surface area (Å²) >= 11 is 0. The summed E-state index contributed by atoms with van der Waals surface area (Å²) < 4.78 is 8.47. The van der Waals surface area contributed by atoms with Crippen molar-refractivity contribution < 1.29 is 9.53 Å². The van der Waals surface area contributed by atoms with E-state index in [1.807, 2.05) is 28.8 Å². The zero-order chi connectivity index (χ0) is 18.8. The second-order valence-electron chi connectivity index (χ2n) is 6.09. The molecule has 4 rings (SSSR count). The summed E-state index contributed by atoms with van der Waals surface area (Å²) in [6.07, 6.45) is 3.64. The second-order valence-corrected chi connectivity index (χ2v) is 6.09. The maximum atomic E-state index is 12.8. The molecular formula is C20H18N4O3. The second kappa shape index (κ2) is 6.95. The fourth-order valence-corrected chi connectivity index (χ4v) is 3.10. The number of hydrogen-bond donors (Lipinski definition) is 1. The van der Waals surface area contributed by atoms with Crippen LogP contribution in [0.4, 0.5) is 5.69 Å². The number of ether oxygens (including phenoxy) is 1. The fourth-order valence-electron chi connectivity index (χ4n) is 3.10. The maximum absolute atomic E-state index is 12.8. The van der Waals surface area contributed by atoms with Crippen molar-refractivity contribution in [3.63, 3.8) is 0 Å². The van der Waals surface area contributed by atoms with E-state index in [9.17, 15) is 9.59 Å². The van der Waals surface area contributed by atoms with Crippen LogP contribution in [-0.4, -0.2) is 27.0 Å². The van der Waals surface area contributed by atoms with Crippen molar-refractivity contribution in [3.05, 3.63) is 71.3 Å². The standard InChI is InChI=1S/C20H18N4O3/c1-27-15-8-6-14(7-9-15)22-18(25)10-13-24-19-16(4-2-11-21-19)23-12-3-5-17(23)20(24)26/h2-9,11-12H,10,13H2,1H3,(H,22,25). The van der Waals surface area contributed by atoms with Gasteiger partial charge in [0.25, 0.3) is 5.56 Å². The number of rotatable bonds is 5. The molecule has 0 spiro atoms. The van der Waals surface area contributed by atoms with Crippen molar-refractivity contribution in [2.24, 2.45) is 0 Å². The number of carbonyl (C=O) groups is 1. The molecule has 0 unspecified atom stereocenters. The molecular weight excluding hydrogens is 344 g/mol. The van der Waals surface area contributed by atoms with Crippen molar-refractivity contribution >= 4 is 28.3 Å². The van der Waals surface area contributed by atoms with Crippen LogP contribution in [0, 0.1) is 0 Å². The molecule has 1 N–H and O–H groups in total. The lowest BCUT2D eigenvalue weighted by Crippen LogP contribution is -2.25. The van der Waals surface area contributed by atoms with Crippen molar-refractivity contribution in [3.8, 4) is 5.75 Å². The molecule has 0 saturated heterocycles. The lowest BCUT2D eigenvalue weighted by Gasteiger charge is -2.12. The van der Waals surface area contributed by atoms with E-state index in [1.165, 1.54) is 0 Å². The van der Waals surface area contributed by atoms with Crippen molar-refractivity contribution in [1.29, 1.82) is 0 Å². The maximum Gasteiger partial charge on any atom is 0.276 e. The van der Waals surface area contributed by atoms with Crippen LogP contribution in [0.5, 0.6) is 5.75 Å². The van der Waals surface area contributed by atoms with Gasteiger partial charge in [-0.1, -0.05) is 0 Å². The monoisotopic (exact) mass is 362 g/mol. The summed E-state index contributed by atoms with van der Waals surface area (Å²) in [7, 11) is 1.59. The average Bonchev–Trinajstić information content (AvgIpc) is 3.19. The molecule has 0 aliphatic heterocycles. The van der Waals surface area contributed by atoms with Crippen LogP contribution in [0.3, 0.4) is 0 Å². The molecule has 1 aromatic carbocycles. The summed E-state index contributed by atoms with van der Waals surface area (Å²) in [5.41, 5.74) is 2.46. The number of hydrogen-bond acceptors (Lipinski definition) is 4. The molecule has 0 radical (unpaired) electrons. The lowest BCUT2D eigenvalue weighted by atomic mass is 10.3. The van der Waals surface area contributed by atoms with E-state index >= 15 is 0 Å².